The standard InChI is InChI=1S/C4H8N2O2S/c1-2-8-4(9)6-3(5)7/h2H2,1H3,(H3,5,6,7,9). The average Bonchev–Trinajstić information content (AvgIpc) is 1.63. The van der Waals surface area contributed by atoms with Gasteiger partial charge in [0.15, 0.2) is 0 Å². The number of nitrogens with two attached hydrogens (primary N) is 1. The van der Waals surface area contributed by atoms with E-state index in [2.05, 4.69) is 22.3 Å². The van der Waals surface area contributed by atoms with Crippen LogP contribution in [0.4, 0.5) is 4.79 Å². The first-order valence-corrected chi connectivity index (χ1v) is 2.81. The molecule has 0 aromatic rings. The number of primary amides is 1. The fourth-order valence-corrected chi connectivity index (χ4v) is 0.486. The van der Waals surface area contributed by atoms with Crippen LogP contribution in [0.3, 0.4) is 0 Å². The first-order valence-electron chi connectivity index (χ1n) is 2.40. The van der Waals surface area contributed by atoms with Crippen molar-refractivity contribution in [2.75, 3.05) is 6.61 Å². The summed E-state index contributed by atoms with van der Waals surface area (Å²) in [5.41, 5.74) is 4.71. The molecule has 0 atom stereocenters. The monoisotopic (exact) mass is 148 g/mol. The number of carbonyl (C=O) groups is 1. The van der Waals surface area contributed by atoms with Crippen LogP contribution in [0, 0.1) is 0 Å². The third kappa shape index (κ3) is 5.02. The Balaban J connectivity index is 3.39. The van der Waals surface area contributed by atoms with Gasteiger partial charge in [-0.1, -0.05) is 0 Å². The number of ether oxygens (including phenoxy) is 1. The van der Waals surface area contributed by atoms with Gasteiger partial charge in [0.1, 0.15) is 0 Å². The number of hydrogen-bond acceptors (Lipinski definition) is 3. The van der Waals surface area contributed by atoms with E-state index in [1.165, 1.54) is 0 Å². The zero-order valence-corrected chi connectivity index (χ0v) is 5.83. The zero-order chi connectivity index (χ0) is 7.28. The Hall–Kier alpha value is -0.840. The summed E-state index contributed by atoms with van der Waals surface area (Å²) < 4.78 is 4.67. The summed E-state index contributed by atoms with van der Waals surface area (Å²) in [5.74, 6) is 0. The van der Waals surface area contributed by atoms with Gasteiger partial charge in [-0.05, 0) is 19.1 Å². The quantitative estimate of drug-likeness (QED) is 0.513. The Morgan fingerprint density at radius 3 is 2.78 bits per heavy atom. The Morgan fingerprint density at radius 1 is 1.89 bits per heavy atom. The smallest absolute Gasteiger partial charge is 0.319 e. The van der Waals surface area contributed by atoms with E-state index >= 15 is 0 Å². The number of thiocarbonyl (C=S) groups is 1. The molecule has 0 radical (unpaired) electrons. The SMILES string of the molecule is CCOC(=S)NC(N)=O. The molecule has 0 saturated heterocycles. The van der Waals surface area contributed by atoms with Crippen LogP contribution in [-0.4, -0.2) is 17.8 Å². The van der Waals surface area contributed by atoms with Crippen LogP contribution in [0.1, 0.15) is 6.92 Å². The van der Waals surface area contributed by atoms with Crippen molar-refractivity contribution in [3.63, 3.8) is 0 Å². The summed E-state index contributed by atoms with van der Waals surface area (Å²) in [4.78, 5) is 10.0. The van der Waals surface area contributed by atoms with Crippen LogP contribution in [0.25, 0.3) is 0 Å². The molecule has 0 saturated carbocycles. The predicted molar refractivity (Wildman–Crippen MR) is 36.9 cm³/mol. The fraction of sp³-hybridized carbons (Fsp3) is 0.500. The van der Waals surface area contributed by atoms with Gasteiger partial charge < -0.3 is 10.5 Å². The number of carbonyl (C=O) groups excluding carboxylic acids is 1. The molecule has 2 amide bonds. The molecule has 0 aliphatic heterocycles. The van der Waals surface area contributed by atoms with Crippen molar-refractivity contribution >= 4 is 23.4 Å². The van der Waals surface area contributed by atoms with Crippen molar-refractivity contribution in [2.24, 2.45) is 5.73 Å². The summed E-state index contributed by atoms with van der Waals surface area (Å²) in [6.45, 7) is 2.19. The van der Waals surface area contributed by atoms with Crippen LogP contribution in [-0.2, 0) is 4.74 Å². The van der Waals surface area contributed by atoms with Crippen LogP contribution in [0.5, 0.6) is 0 Å². The molecule has 4 nitrogen and oxygen atoms in total. The van der Waals surface area contributed by atoms with Crippen molar-refractivity contribution in [3.05, 3.63) is 0 Å². The average molecular weight is 148 g/mol. The normalized spacial score (nSPS) is 8.11. The lowest BCUT2D eigenvalue weighted by Crippen LogP contribution is -2.35. The summed E-state index contributed by atoms with van der Waals surface area (Å²) in [5, 5.41) is 2.11. The van der Waals surface area contributed by atoms with Gasteiger partial charge in [0.05, 0.1) is 6.61 Å². The molecule has 0 aromatic carbocycles. The van der Waals surface area contributed by atoms with E-state index in [-0.39, 0.29) is 5.17 Å². The minimum absolute atomic E-state index is 0.0185. The van der Waals surface area contributed by atoms with Crippen molar-refractivity contribution in [3.8, 4) is 0 Å². The molecule has 0 aliphatic rings. The molecule has 0 heterocycles. The van der Waals surface area contributed by atoms with Crippen LogP contribution < -0.4 is 11.1 Å². The highest BCUT2D eigenvalue weighted by Gasteiger charge is 1.96. The summed E-state index contributed by atoms with van der Waals surface area (Å²) in [6.07, 6.45) is 0. The predicted octanol–water partition coefficient (Wildman–Crippen LogP) is -0.0239. The largest absolute Gasteiger partial charge is 0.471 e. The maximum absolute atomic E-state index is 10.0. The first kappa shape index (κ1) is 8.16. The molecule has 0 bridgehead atoms. The molecular formula is C4H8N2O2S. The van der Waals surface area contributed by atoms with Gasteiger partial charge in [-0.3, -0.25) is 5.32 Å². The van der Waals surface area contributed by atoms with E-state index in [0.717, 1.165) is 0 Å². The maximum Gasteiger partial charge on any atom is 0.319 e. The van der Waals surface area contributed by atoms with E-state index in [1.807, 2.05) is 0 Å². The minimum atomic E-state index is -0.701. The van der Waals surface area contributed by atoms with E-state index in [1.54, 1.807) is 6.92 Å². The van der Waals surface area contributed by atoms with Crippen LogP contribution >= 0.6 is 12.2 Å². The van der Waals surface area contributed by atoms with Gasteiger partial charge in [-0.15, -0.1) is 0 Å². The lowest BCUT2D eigenvalue weighted by molar-refractivity contribution is 0.248. The summed E-state index contributed by atoms with van der Waals surface area (Å²) >= 11 is 4.50. The Morgan fingerprint density at radius 2 is 2.44 bits per heavy atom. The van der Waals surface area contributed by atoms with E-state index < -0.39 is 6.03 Å². The second-order valence-electron chi connectivity index (χ2n) is 1.21. The molecule has 0 aromatic heterocycles. The Bertz CT molecular complexity index is 126. The summed E-state index contributed by atoms with van der Waals surface area (Å²) in [7, 11) is 0. The van der Waals surface area contributed by atoms with Crippen LogP contribution in [0.15, 0.2) is 0 Å². The van der Waals surface area contributed by atoms with Crippen molar-refractivity contribution in [2.45, 2.75) is 6.92 Å². The number of rotatable bonds is 1. The number of nitrogens with one attached hydrogen (secondary N) is 1. The second-order valence-corrected chi connectivity index (χ2v) is 1.58. The molecule has 5 heteroatoms. The minimum Gasteiger partial charge on any atom is -0.471 e. The molecule has 52 valence electrons. The van der Waals surface area contributed by atoms with Gasteiger partial charge >= 0.3 is 6.03 Å². The van der Waals surface area contributed by atoms with Crippen LogP contribution in [0.2, 0.25) is 0 Å². The molecule has 0 rings (SSSR count). The number of amides is 2. The molecule has 0 unspecified atom stereocenters. The van der Waals surface area contributed by atoms with Gasteiger partial charge in [0.2, 0.25) is 0 Å². The number of urea groups is 1. The van der Waals surface area contributed by atoms with Gasteiger partial charge in [-0.25, -0.2) is 4.79 Å². The topological polar surface area (TPSA) is 64.3 Å². The molecule has 0 spiro atoms. The molecule has 9 heavy (non-hydrogen) atoms. The second kappa shape index (κ2) is 4.08. The Kier molecular flexibility index (Phi) is 3.70. The third-order valence-electron chi connectivity index (χ3n) is 0.501. The highest BCUT2D eigenvalue weighted by molar-refractivity contribution is 7.80. The van der Waals surface area contributed by atoms with E-state index in [9.17, 15) is 4.79 Å². The highest BCUT2D eigenvalue weighted by atomic mass is 32.1. The van der Waals surface area contributed by atoms with Gasteiger partial charge in [0, 0.05) is 0 Å². The van der Waals surface area contributed by atoms with Gasteiger partial charge in [-0.2, -0.15) is 0 Å². The van der Waals surface area contributed by atoms with Crippen molar-refractivity contribution < 1.29 is 9.53 Å². The molecule has 0 fully saturated rings. The van der Waals surface area contributed by atoms with Crippen molar-refractivity contribution in [1.82, 2.24) is 5.32 Å². The van der Waals surface area contributed by atoms with E-state index in [0.29, 0.717) is 6.61 Å². The Labute approximate surface area is 58.4 Å². The lowest BCUT2D eigenvalue weighted by atomic mass is 10.9. The molecule has 3 N–H and O–H groups in total. The first-order chi connectivity index (χ1) is 4.16. The zero-order valence-electron chi connectivity index (χ0n) is 5.01. The molecule has 0 aliphatic carbocycles. The van der Waals surface area contributed by atoms with E-state index in [4.69, 9.17) is 5.73 Å². The summed E-state index contributed by atoms with van der Waals surface area (Å²) in [6, 6.07) is -0.701. The highest BCUT2D eigenvalue weighted by Crippen LogP contribution is 1.74. The number of hydrogen-bond donors (Lipinski definition) is 2. The molecular weight excluding hydrogens is 140 g/mol. The third-order valence-corrected chi connectivity index (χ3v) is 0.721. The lowest BCUT2D eigenvalue weighted by Gasteiger charge is -2.02. The van der Waals surface area contributed by atoms with Gasteiger partial charge in [0.25, 0.3) is 5.17 Å². The fourth-order valence-electron chi connectivity index (χ4n) is 0.268. The van der Waals surface area contributed by atoms with Crippen molar-refractivity contribution in [1.29, 1.82) is 0 Å². The maximum atomic E-state index is 10.0.